The molecule has 126 valence electrons. The molecule has 0 fully saturated rings. The van der Waals surface area contributed by atoms with Gasteiger partial charge in [-0.2, -0.15) is 10.5 Å². The molecule has 1 aliphatic rings. The van der Waals surface area contributed by atoms with Gasteiger partial charge in [-0.25, -0.2) is 0 Å². The van der Waals surface area contributed by atoms with Crippen LogP contribution in [0.15, 0.2) is 48.7 Å². The molecule has 9 nitrogen and oxygen atoms in total. The van der Waals surface area contributed by atoms with Gasteiger partial charge >= 0.3 is 0 Å². The Hall–Kier alpha value is -4.19. The molecule has 26 heavy (non-hydrogen) atoms. The number of benzene rings is 2. The number of tetrazole rings is 1. The van der Waals surface area contributed by atoms with Crippen molar-refractivity contribution in [2.45, 2.75) is 0 Å². The molecule has 0 saturated carbocycles. The normalized spacial score (nSPS) is 12.7. The Morgan fingerprint density at radius 1 is 1.23 bits per heavy atom. The molecule has 1 aliphatic heterocycles. The predicted molar refractivity (Wildman–Crippen MR) is 92.3 cm³/mol. The van der Waals surface area contributed by atoms with Crippen LogP contribution in [0.4, 0.5) is 11.4 Å². The lowest BCUT2D eigenvalue weighted by molar-refractivity contribution is 0.102. The molecule has 3 aromatic rings. The van der Waals surface area contributed by atoms with Crippen LogP contribution in [0.3, 0.4) is 0 Å². The summed E-state index contributed by atoms with van der Waals surface area (Å²) in [7, 11) is 0. The second-order valence-corrected chi connectivity index (χ2v) is 5.31. The van der Waals surface area contributed by atoms with Gasteiger partial charge in [0.2, 0.25) is 5.82 Å². The molecule has 0 saturated heterocycles. The van der Waals surface area contributed by atoms with Crippen LogP contribution in [-0.4, -0.2) is 26.5 Å². The average molecular weight is 345 g/mol. The topological polar surface area (TPSA) is 129 Å². The zero-order valence-corrected chi connectivity index (χ0v) is 13.2. The standard InChI is InChI=1S/C17H11N7O2/c18-8-10(16-21-23-24-22-16)9-19-11-5-6-14-12(7-11)17(25)20-13-3-1-2-4-15(13)26-14/h1-7,9,19H,(H,20,25)(H,21,22,23,24). The molecular formula is C17H11N7O2. The van der Waals surface area contributed by atoms with Crippen molar-refractivity contribution < 1.29 is 9.53 Å². The maximum absolute atomic E-state index is 12.5. The highest BCUT2D eigenvalue weighted by molar-refractivity contribution is 6.08. The zero-order valence-electron chi connectivity index (χ0n) is 13.2. The highest BCUT2D eigenvalue weighted by atomic mass is 16.5. The number of H-pyrrole nitrogens is 1. The number of fused-ring (bicyclic) bond motifs is 2. The van der Waals surface area contributed by atoms with E-state index in [4.69, 9.17) is 4.74 Å². The van der Waals surface area contributed by atoms with Crippen LogP contribution in [0.2, 0.25) is 0 Å². The number of nitrogens with zero attached hydrogens (tertiary/aromatic N) is 4. The number of ether oxygens (including phenoxy) is 1. The first-order chi connectivity index (χ1) is 12.7. The first-order valence-corrected chi connectivity index (χ1v) is 7.57. The second-order valence-electron chi connectivity index (χ2n) is 5.31. The van der Waals surface area contributed by atoms with E-state index in [1.165, 1.54) is 6.20 Å². The Morgan fingerprint density at radius 3 is 2.92 bits per heavy atom. The lowest BCUT2D eigenvalue weighted by Crippen LogP contribution is -2.10. The highest BCUT2D eigenvalue weighted by Crippen LogP contribution is 2.36. The molecule has 1 amide bonds. The summed E-state index contributed by atoms with van der Waals surface area (Å²) in [5.41, 5.74) is 1.77. The summed E-state index contributed by atoms with van der Waals surface area (Å²) in [6.45, 7) is 0. The monoisotopic (exact) mass is 345 g/mol. The van der Waals surface area contributed by atoms with Gasteiger partial charge in [-0.3, -0.25) is 4.79 Å². The summed E-state index contributed by atoms with van der Waals surface area (Å²) in [5, 5.41) is 28.2. The van der Waals surface area contributed by atoms with Crippen LogP contribution in [-0.2, 0) is 0 Å². The van der Waals surface area contributed by atoms with Gasteiger partial charge in [-0.15, -0.1) is 10.2 Å². The number of amides is 1. The lowest BCUT2D eigenvalue weighted by Gasteiger charge is -2.08. The van der Waals surface area contributed by atoms with Crippen molar-refractivity contribution in [1.29, 1.82) is 5.26 Å². The van der Waals surface area contributed by atoms with E-state index in [-0.39, 0.29) is 17.3 Å². The molecule has 9 heteroatoms. The van der Waals surface area contributed by atoms with Crippen molar-refractivity contribution in [3.63, 3.8) is 0 Å². The van der Waals surface area contributed by atoms with E-state index in [2.05, 4.69) is 31.3 Å². The first-order valence-electron chi connectivity index (χ1n) is 7.57. The molecule has 0 unspecified atom stereocenters. The van der Waals surface area contributed by atoms with Gasteiger partial charge in [0, 0.05) is 11.9 Å². The Morgan fingerprint density at radius 2 is 2.12 bits per heavy atom. The number of nitriles is 1. The highest BCUT2D eigenvalue weighted by Gasteiger charge is 2.20. The number of nitrogens with one attached hydrogen (secondary N) is 3. The van der Waals surface area contributed by atoms with Gasteiger partial charge in [-0.1, -0.05) is 12.1 Å². The first kappa shape index (κ1) is 15.3. The van der Waals surface area contributed by atoms with Crippen molar-refractivity contribution in [2.24, 2.45) is 0 Å². The summed E-state index contributed by atoms with van der Waals surface area (Å²) in [6, 6.07) is 14.2. The van der Waals surface area contributed by atoms with Gasteiger partial charge < -0.3 is 15.4 Å². The molecule has 0 radical (unpaired) electrons. The van der Waals surface area contributed by atoms with E-state index in [1.54, 1.807) is 30.3 Å². The third-order valence-corrected chi connectivity index (χ3v) is 3.67. The van der Waals surface area contributed by atoms with Crippen LogP contribution in [0.25, 0.3) is 5.57 Å². The minimum absolute atomic E-state index is 0.172. The number of carbonyl (C=O) groups excluding carboxylic acids is 1. The van der Waals surface area contributed by atoms with E-state index in [9.17, 15) is 10.1 Å². The van der Waals surface area contributed by atoms with Crippen molar-refractivity contribution in [3.8, 4) is 17.6 Å². The van der Waals surface area contributed by atoms with Gasteiger partial charge in [0.25, 0.3) is 5.91 Å². The summed E-state index contributed by atoms with van der Waals surface area (Å²) in [5.74, 6) is 0.910. The van der Waals surface area contributed by atoms with Gasteiger partial charge in [0.15, 0.2) is 5.75 Å². The summed E-state index contributed by atoms with van der Waals surface area (Å²) >= 11 is 0. The minimum atomic E-state index is -0.281. The molecular weight excluding hydrogens is 334 g/mol. The summed E-state index contributed by atoms with van der Waals surface area (Å²) < 4.78 is 5.82. The fraction of sp³-hybridized carbons (Fsp3) is 0. The Kier molecular flexibility index (Phi) is 3.76. The molecule has 0 bridgehead atoms. The van der Waals surface area contributed by atoms with E-state index < -0.39 is 0 Å². The third-order valence-electron chi connectivity index (χ3n) is 3.67. The van der Waals surface area contributed by atoms with Gasteiger partial charge in [0.05, 0.1) is 11.3 Å². The molecule has 0 aliphatic carbocycles. The number of aromatic amines is 1. The fourth-order valence-corrected chi connectivity index (χ4v) is 2.43. The molecule has 0 spiro atoms. The van der Waals surface area contributed by atoms with E-state index in [0.717, 1.165) is 0 Å². The SMILES string of the molecule is N#CC(=CNc1ccc2c(c1)C(=O)Nc1ccccc1O2)c1nn[nH]n1. The maximum atomic E-state index is 12.5. The molecule has 2 heterocycles. The van der Waals surface area contributed by atoms with Crippen LogP contribution in [0, 0.1) is 11.3 Å². The molecule has 0 atom stereocenters. The van der Waals surface area contributed by atoms with E-state index >= 15 is 0 Å². The fourth-order valence-electron chi connectivity index (χ4n) is 2.43. The minimum Gasteiger partial charge on any atom is -0.454 e. The van der Waals surface area contributed by atoms with E-state index in [1.807, 2.05) is 18.2 Å². The van der Waals surface area contributed by atoms with Crippen molar-refractivity contribution >= 4 is 22.9 Å². The number of aromatic nitrogens is 4. The number of rotatable bonds is 3. The average Bonchev–Trinajstić information content (AvgIpc) is 3.14. The quantitative estimate of drug-likeness (QED) is 0.622. The number of para-hydroxylation sites is 2. The van der Waals surface area contributed by atoms with E-state index in [0.29, 0.717) is 28.4 Å². The van der Waals surface area contributed by atoms with Crippen LogP contribution < -0.4 is 15.4 Å². The second kappa shape index (κ2) is 6.37. The zero-order chi connectivity index (χ0) is 17.9. The molecule has 4 rings (SSSR count). The summed E-state index contributed by atoms with van der Waals surface area (Å²) in [4.78, 5) is 12.5. The number of hydrogen-bond acceptors (Lipinski definition) is 7. The van der Waals surface area contributed by atoms with Crippen molar-refractivity contribution in [2.75, 3.05) is 10.6 Å². The number of anilines is 2. The number of carbonyl (C=O) groups is 1. The largest absolute Gasteiger partial charge is 0.454 e. The Labute approximate surface area is 147 Å². The van der Waals surface area contributed by atoms with Gasteiger partial charge in [-0.05, 0) is 35.5 Å². The predicted octanol–water partition coefficient (Wildman–Crippen LogP) is 2.53. The Balaban J connectivity index is 1.63. The smallest absolute Gasteiger partial charge is 0.259 e. The van der Waals surface area contributed by atoms with Crippen LogP contribution in [0.5, 0.6) is 11.5 Å². The Bertz CT molecular complexity index is 1050. The third kappa shape index (κ3) is 2.83. The number of hydrogen-bond donors (Lipinski definition) is 3. The van der Waals surface area contributed by atoms with Crippen molar-refractivity contribution in [1.82, 2.24) is 20.6 Å². The van der Waals surface area contributed by atoms with Crippen LogP contribution in [0.1, 0.15) is 16.2 Å². The lowest BCUT2D eigenvalue weighted by atomic mass is 10.1. The number of allylic oxidation sites excluding steroid dienone is 1. The molecule has 1 aromatic heterocycles. The molecule has 2 aromatic carbocycles. The van der Waals surface area contributed by atoms with Crippen molar-refractivity contribution in [3.05, 3.63) is 60.1 Å². The van der Waals surface area contributed by atoms with Crippen LogP contribution >= 0.6 is 0 Å². The molecule has 3 N–H and O–H groups in total. The summed E-state index contributed by atoms with van der Waals surface area (Å²) in [6.07, 6.45) is 1.44. The van der Waals surface area contributed by atoms with Gasteiger partial charge in [0.1, 0.15) is 17.4 Å². The maximum Gasteiger partial charge on any atom is 0.259 e.